The fourth-order valence-corrected chi connectivity index (χ4v) is 3.77. The van der Waals surface area contributed by atoms with Crippen LogP contribution in [0.3, 0.4) is 0 Å². The summed E-state index contributed by atoms with van der Waals surface area (Å²) >= 11 is 0. The zero-order valence-electron chi connectivity index (χ0n) is 13.4. The van der Waals surface area contributed by atoms with E-state index in [0.29, 0.717) is 19.5 Å². The van der Waals surface area contributed by atoms with Crippen LogP contribution in [0.1, 0.15) is 27.2 Å². The molecule has 0 spiro atoms. The molecule has 0 aliphatic carbocycles. The molecule has 1 heterocycles. The van der Waals surface area contributed by atoms with Crippen molar-refractivity contribution in [3.63, 3.8) is 0 Å². The molecule has 0 aromatic rings. The number of amides is 2. The number of hydrogen-bond acceptors (Lipinski definition) is 5. The van der Waals surface area contributed by atoms with Crippen LogP contribution in [0.2, 0.25) is 0 Å². The minimum atomic E-state index is -0.468. The predicted octanol–water partition coefficient (Wildman–Crippen LogP) is 2.37. The molecule has 1 saturated heterocycles. The van der Waals surface area contributed by atoms with Crippen molar-refractivity contribution in [1.29, 1.82) is 0 Å². The van der Waals surface area contributed by atoms with Gasteiger partial charge in [-0.1, -0.05) is 21.6 Å². The zero-order chi connectivity index (χ0) is 16.6. The van der Waals surface area contributed by atoms with Crippen molar-refractivity contribution in [2.75, 3.05) is 31.1 Å². The van der Waals surface area contributed by atoms with E-state index in [1.807, 2.05) is 25.7 Å². The van der Waals surface area contributed by atoms with Crippen molar-refractivity contribution in [2.45, 2.75) is 32.8 Å². The molecule has 1 aliphatic heterocycles. The molecule has 7 heteroatoms. The molecule has 22 heavy (non-hydrogen) atoms. The van der Waals surface area contributed by atoms with E-state index in [4.69, 9.17) is 11.2 Å². The third-order valence-corrected chi connectivity index (χ3v) is 5.22. The lowest BCUT2D eigenvalue weighted by molar-refractivity contribution is -0.127. The number of likely N-dealkylation sites (tertiary alicyclic amines) is 1. The van der Waals surface area contributed by atoms with Gasteiger partial charge < -0.3 is 15.0 Å². The van der Waals surface area contributed by atoms with Gasteiger partial charge in [0.25, 0.3) is 0 Å². The average Bonchev–Trinajstić information content (AvgIpc) is 2.76. The average molecular weight is 345 g/mol. The van der Waals surface area contributed by atoms with Gasteiger partial charge in [0, 0.05) is 43.5 Å². The Morgan fingerprint density at radius 1 is 1.45 bits per heavy atom. The predicted molar refractivity (Wildman–Crippen MR) is 92.7 cm³/mol. The van der Waals surface area contributed by atoms with Crippen LogP contribution in [-0.2, 0) is 9.53 Å². The highest BCUT2D eigenvalue weighted by Crippen LogP contribution is 2.22. The molecule has 2 amide bonds. The molecule has 0 aromatic heterocycles. The monoisotopic (exact) mass is 344 g/mol. The van der Waals surface area contributed by atoms with Gasteiger partial charge >= 0.3 is 6.09 Å². The molecular formula is C15H24N2O3S2. The topological polar surface area (TPSA) is 58.6 Å². The van der Waals surface area contributed by atoms with Crippen LogP contribution in [0.5, 0.6) is 0 Å². The largest absolute Gasteiger partial charge is 0.444 e. The first-order chi connectivity index (χ1) is 10.3. The van der Waals surface area contributed by atoms with Crippen LogP contribution < -0.4 is 5.32 Å². The quantitative estimate of drug-likeness (QED) is 0.436. The molecule has 0 bridgehead atoms. The highest BCUT2D eigenvalue weighted by molar-refractivity contribution is 8.76. The van der Waals surface area contributed by atoms with Crippen molar-refractivity contribution in [1.82, 2.24) is 10.2 Å². The molecule has 5 nitrogen and oxygen atoms in total. The highest BCUT2D eigenvalue weighted by atomic mass is 33.1. The van der Waals surface area contributed by atoms with Crippen LogP contribution >= 0.6 is 21.6 Å². The molecule has 1 N–H and O–H groups in total. The van der Waals surface area contributed by atoms with Gasteiger partial charge in [0.15, 0.2) is 0 Å². The number of hydrogen-bond donors (Lipinski definition) is 1. The second-order valence-corrected chi connectivity index (χ2v) is 8.68. The van der Waals surface area contributed by atoms with E-state index in [1.165, 1.54) is 0 Å². The number of rotatable bonds is 7. The summed E-state index contributed by atoms with van der Waals surface area (Å²) in [6.07, 6.45) is 5.44. The third kappa shape index (κ3) is 7.85. The van der Waals surface area contributed by atoms with Crippen LogP contribution in [0, 0.1) is 18.3 Å². The summed E-state index contributed by atoms with van der Waals surface area (Å²) in [4.78, 5) is 24.9. The molecule has 0 aromatic carbocycles. The maximum atomic E-state index is 11.7. The number of carbonyl (C=O) groups is 2. The highest BCUT2D eigenvalue weighted by Gasteiger charge is 2.27. The number of carbonyl (C=O) groups excluding carboxylic acids is 2. The van der Waals surface area contributed by atoms with E-state index in [9.17, 15) is 9.59 Å². The van der Waals surface area contributed by atoms with E-state index in [0.717, 1.165) is 18.1 Å². The maximum Gasteiger partial charge on any atom is 0.407 e. The fourth-order valence-electron chi connectivity index (χ4n) is 1.87. The Hall–Kier alpha value is -1.00. The Labute approximate surface area is 140 Å². The van der Waals surface area contributed by atoms with Gasteiger partial charge in [-0.15, -0.1) is 12.3 Å². The summed E-state index contributed by atoms with van der Waals surface area (Å²) in [6, 6.07) is 0. The van der Waals surface area contributed by atoms with Crippen molar-refractivity contribution >= 4 is 33.6 Å². The number of nitrogens with one attached hydrogen (secondary N) is 1. The summed E-state index contributed by atoms with van der Waals surface area (Å²) < 4.78 is 5.14. The number of nitrogens with zero attached hydrogens (tertiary/aromatic N) is 1. The van der Waals surface area contributed by atoms with E-state index in [-0.39, 0.29) is 17.9 Å². The van der Waals surface area contributed by atoms with E-state index < -0.39 is 5.60 Å². The molecule has 1 fully saturated rings. The third-order valence-electron chi connectivity index (χ3n) is 2.83. The Balaban J connectivity index is 1.99. The van der Waals surface area contributed by atoms with E-state index in [2.05, 4.69) is 11.2 Å². The second kappa shape index (κ2) is 9.21. The van der Waals surface area contributed by atoms with Gasteiger partial charge in [0.1, 0.15) is 5.60 Å². The smallest absolute Gasteiger partial charge is 0.407 e. The number of terminal acetylenes is 1. The number of ether oxygens (including phenoxy) is 1. The molecule has 1 unspecified atom stereocenters. The van der Waals surface area contributed by atoms with Crippen molar-refractivity contribution < 1.29 is 14.3 Å². The lowest BCUT2D eigenvalue weighted by Gasteiger charge is -2.19. The summed E-state index contributed by atoms with van der Waals surface area (Å²) in [5, 5.41) is 2.71. The van der Waals surface area contributed by atoms with Gasteiger partial charge in [-0.2, -0.15) is 0 Å². The molecule has 1 atom stereocenters. The van der Waals surface area contributed by atoms with Crippen molar-refractivity contribution in [3.05, 3.63) is 0 Å². The van der Waals surface area contributed by atoms with Crippen molar-refractivity contribution in [2.24, 2.45) is 5.92 Å². The first kappa shape index (κ1) is 19.0. The molecule has 124 valence electrons. The Kier molecular flexibility index (Phi) is 7.97. The summed E-state index contributed by atoms with van der Waals surface area (Å²) in [5.41, 5.74) is -0.468. The molecule has 0 saturated carbocycles. The lowest BCUT2D eigenvalue weighted by Crippen LogP contribution is -2.33. The summed E-state index contributed by atoms with van der Waals surface area (Å²) in [5.74, 6) is 4.53. The molecule has 0 radical (unpaired) electrons. The molecule has 1 aliphatic rings. The molecule has 1 rings (SSSR count). The number of alkyl carbamates (subject to hydrolysis) is 1. The fraction of sp³-hybridized carbons (Fsp3) is 0.733. The van der Waals surface area contributed by atoms with Crippen LogP contribution in [0.4, 0.5) is 4.79 Å². The Bertz CT molecular complexity index is 429. The molecular weight excluding hydrogens is 320 g/mol. The van der Waals surface area contributed by atoms with Gasteiger partial charge in [0.2, 0.25) is 5.91 Å². The van der Waals surface area contributed by atoms with Gasteiger partial charge in [-0.3, -0.25) is 4.79 Å². The van der Waals surface area contributed by atoms with Crippen LogP contribution in [0.25, 0.3) is 0 Å². The first-order valence-electron chi connectivity index (χ1n) is 7.27. The van der Waals surface area contributed by atoms with Crippen molar-refractivity contribution in [3.8, 4) is 12.3 Å². The van der Waals surface area contributed by atoms with E-state index >= 15 is 0 Å². The Morgan fingerprint density at radius 2 is 2.14 bits per heavy atom. The van der Waals surface area contributed by atoms with Crippen LogP contribution in [-0.4, -0.2) is 53.6 Å². The standard InChI is InChI=1S/C15H24N2O3S2/c1-5-12-10-13(18)17(11-12)7-9-22-21-8-6-16-14(19)20-15(2,3)4/h1,12H,6-11H2,2-4H3,(H,16,19). The van der Waals surface area contributed by atoms with Gasteiger partial charge in [-0.25, -0.2) is 4.79 Å². The summed E-state index contributed by atoms with van der Waals surface area (Å²) in [6.45, 7) is 7.48. The lowest BCUT2D eigenvalue weighted by atomic mass is 10.1. The normalized spacial score (nSPS) is 18.2. The minimum absolute atomic E-state index is 0.0724. The van der Waals surface area contributed by atoms with Crippen LogP contribution in [0.15, 0.2) is 0 Å². The van der Waals surface area contributed by atoms with Gasteiger partial charge in [0.05, 0.1) is 0 Å². The maximum absolute atomic E-state index is 11.7. The first-order valence-corrected chi connectivity index (χ1v) is 9.76. The zero-order valence-corrected chi connectivity index (χ0v) is 15.0. The second-order valence-electron chi connectivity index (χ2n) is 5.98. The van der Waals surface area contributed by atoms with E-state index in [1.54, 1.807) is 21.6 Å². The Morgan fingerprint density at radius 3 is 2.73 bits per heavy atom. The summed E-state index contributed by atoms with van der Waals surface area (Å²) in [7, 11) is 3.37. The SMILES string of the molecule is C#CC1CC(=O)N(CCSSCCNC(=O)OC(C)(C)C)C1. The van der Waals surface area contributed by atoms with Gasteiger partial charge in [-0.05, 0) is 20.8 Å². The minimum Gasteiger partial charge on any atom is -0.444 e.